The van der Waals surface area contributed by atoms with E-state index < -0.39 is 18.5 Å². The molecule has 0 radical (unpaired) electrons. The van der Waals surface area contributed by atoms with Gasteiger partial charge in [0.15, 0.2) is 5.75 Å². The van der Waals surface area contributed by atoms with Crippen molar-refractivity contribution in [3.05, 3.63) is 48.0 Å². The highest BCUT2D eigenvalue weighted by Gasteiger charge is 2.20. The maximum absolute atomic E-state index is 12.0. The Bertz CT molecular complexity index is 859. The van der Waals surface area contributed by atoms with Crippen molar-refractivity contribution in [2.75, 3.05) is 18.5 Å². The van der Waals surface area contributed by atoms with Crippen LogP contribution in [0.3, 0.4) is 0 Å². The Balaban J connectivity index is 1.99. The molecule has 1 fully saturated rings. The van der Waals surface area contributed by atoms with Crippen LogP contribution in [-0.4, -0.2) is 35.3 Å². The number of aryl methyl sites for hydroxylation is 1. The third-order valence-corrected chi connectivity index (χ3v) is 5.47. The topological polar surface area (TPSA) is 95.9 Å². The number of carbonyl (C=O) groups is 2. The Labute approximate surface area is 176 Å². The number of amides is 1. The van der Waals surface area contributed by atoms with Gasteiger partial charge in [-0.25, -0.2) is 0 Å². The summed E-state index contributed by atoms with van der Waals surface area (Å²) in [5.74, 6) is -0.371. The number of aliphatic hydroxyl groups is 1. The number of aliphatic carboxylic acids is 1. The average molecular weight is 411 g/mol. The average Bonchev–Trinajstić information content (AvgIpc) is 2.77. The van der Waals surface area contributed by atoms with Gasteiger partial charge in [-0.3, -0.25) is 9.59 Å². The first-order valence-corrected chi connectivity index (χ1v) is 10.5. The molecule has 1 amide bonds. The second-order valence-corrected chi connectivity index (χ2v) is 7.80. The summed E-state index contributed by atoms with van der Waals surface area (Å²) in [5, 5.41) is 21.0. The molecule has 1 aliphatic carbocycles. The summed E-state index contributed by atoms with van der Waals surface area (Å²) in [4.78, 5) is 23.0. The van der Waals surface area contributed by atoms with Crippen molar-refractivity contribution in [3.8, 4) is 16.9 Å². The molecule has 6 heteroatoms. The summed E-state index contributed by atoms with van der Waals surface area (Å²) in [6, 6.07) is 13.4. The van der Waals surface area contributed by atoms with Crippen molar-refractivity contribution in [3.63, 3.8) is 0 Å². The lowest BCUT2D eigenvalue weighted by molar-refractivity contribution is -0.137. The molecule has 0 atom stereocenters. The minimum absolute atomic E-state index is 0.0100. The number of nitrogens with one attached hydrogen (secondary N) is 1. The summed E-state index contributed by atoms with van der Waals surface area (Å²) in [6.45, 7) is -0.0710. The Morgan fingerprint density at radius 2 is 1.80 bits per heavy atom. The summed E-state index contributed by atoms with van der Waals surface area (Å²) in [6.07, 6.45) is 6.28. The molecule has 0 saturated heterocycles. The van der Waals surface area contributed by atoms with Gasteiger partial charge < -0.3 is 20.3 Å². The van der Waals surface area contributed by atoms with Gasteiger partial charge in [0.25, 0.3) is 0 Å². The van der Waals surface area contributed by atoms with E-state index in [9.17, 15) is 14.7 Å². The van der Waals surface area contributed by atoms with Crippen LogP contribution in [0.5, 0.6) is 5.75 Å². The van der Waals surface area contributed by atoms with Crippen LogP contribution < -0.4 is 10.1 Å². The standard InChI is InChI=1S/C24H29NO5/c26-15-22(27)25-21-14-18(11-12-23(28)29)13-20(19-9-5-2-6-10-19)24(21)30-16-17-7-3-1-4-8-17/h2,5-6,9-10,13-14,17,26H,1,3-4,7-8,11-12,15-16H2,(H,25,27)(H,28,29). The molecule has 0 aliphatic heterocycles. The summed E-state index contributed by atoms with van der Waals surface area (Å²) >= 11 is 0. The number of carboxylic acids is 1. The molecule has 2 aromatic rings. The van der Waals surface area contributed by atoms with Crippen LogP contribution in [0.2, 0.25) is 0 Å². The molecule has 1 aliphatic rings. The zero-order chi connectivity index (χ0) is 21.3. The van der Waals surface area contributed by atoms with E-state index in [1.54, 1.807) is 6.07 Å². The third kappa shape index (κ3) is 6.07. The first-order valence-electron chi connectivity index (χ1n) is 10.5. The fourth-order valence-corrected chi connectivity index (χ4v) is 3.91. The Hall–Kier alpha value is -2.86. The van der Waals surface area contributed by atoms with E-state index in [2.05, 4.69) is 5.32 Å². The molecule has 0 bridgehead atoms. The monoisotopic (exact) mass is 411 g/mol. The molecule has 3 rings (SSSR count). The molecule has 0 spiro atoms. The van der Waals surface area contributed by atoms with Gasteiger partial charge in [-0.05, 0) is 48.4 Å². The van der Waals surface area contributed by atoms with Crippen molar-refractivity contribution in [2.24, 2.45) is 5.92 Å². The van der Waals surface area contributed by atoms with Crippen LogP contribution in [0.25, 0.3) is 11.1 Å². The van der Waals surface area contributed by atoms with Crippen LogP contribution in [0.4, 0.5) is 5.69 Å². The summed E-state index contributed by atoms with van der Waals surface area (Å²) < 4.78 is 6.28. The lowest BCUT2D eigenvalue weighted by Gasteiger charge is -2.24. The number of ether oxygens (including phenoxy) is 1. The van der Waals surface area contributed by atoms with E-state index in [0.29, 0.717) is 30.4 Å². The Morgan fingerprint density at radius 3 is 2.47 bits per heavy atom. The van der Waals surface area contributed by atoms with E-state index in [0.717, 1.165) is 29.5 Å². The predicted molar refractivity (Wildman–Crippen MR) is 116 cm³/mol. The lowest BCUT2D eigenvalue weighted by atomic mass is 9.90. The molecular weight excluding hydrogens is 382 g/mol. The third-order valence-electron chi connectivity index (χ3n) is 5.47. The Morgan fingerprint density at radius 1 is 1.07 bits per heavy atom. The number of benzene rings is 2. The van der Waals surface area contributed by atoms with Gasteiger partial charge in [0, 0.05) is 12.0 Å². The minimum Gasteiger partial charge on any atom is -0.490 e. The quantitative estimate of drug-likeness (QED) is 0.573. The zero-order valence-electron chi connectivity index (χ0n) is 17.1. The number of carboxylic acid groups (broad SMARTS) is 1. The fourth-order valence-electron chi connectivity index (χ4n) is 3.91. The van der Waals surface area contributed by atoms with E-state index >= 15 is 0 Å². The van der Waals surface area contributed by atoms with E-state index in [4.69, 9.17) is 9.84 Å². The largest absolute Gasteiger partial charge is 0.490 e. The molecule has 0 aromatic heterocycles. The van der Waals surface area contributed by atoms with Crippen molar-refractivity contribution < 1.29 is 24.5 Å². The molecule has 1 saturated carbocycles. The normalized spacial score (nSPS) is 14.3. The van der Waals surface area contributed by atoms with Crippen LogP contribution >= 0.6 is 0 Å². The first kappa shape index (κ1) is 21.8. The minimum atomic E-state index is -0.880. The molecule has 6 nitrogen and oxygen atoms in total. The predicted octanol–water partition coefficient (Wildman–Crippen LogP) is 4.26. The molecule has 160 valence electrons. The van der Waals surface area contributed by atoms with Crippen LogP contribution in [0.15, 0.2) is 42.5 Å². The van der Waals surface area contributed by atoms with E-state index in [1.165, 1.54) is 19.3 Å². The van der Waals surface area contributed by atoms with Gasteiger partial charge in [-0.1, -0.05) is 49.6 Å². The zero-order valence-corrected chi connectivity index (χ0v) is 17.1. The van der Waals surface area contributed by atoms with Gasteiger partial charge in [0.2, 0.25) is 5.91 Å². The van der Waals surface area contributed by atoms with Gasteiger partial charge in [-0.15, -0.1) is 0 Å². The highest BCUT2D eigenvalue weighted by Crippen LogP contribution is 2.39. The molecule has 0 heterocycles. The SMILES string of the molecule is O=C(O)CCc1cc(NC(=O)CO)c(OCC2CCCCC2)c(-c2ccccc2)c1. The number of carbonyl (C=O) groups excluding carboxylic acids is 1. The van der Waals surface area contributed by atoms with Crippen molar-refractivity contribution in [1.82, 2.24) is 0 Å². The fraction of sp³-hybridized carbons (Fsp3) is 0.417. The highest BCUT2D eigenvalue weighted by atomic mass is 16.5. The molecule has 2 aromatic carbocycles. The number of hydrogen-bond donors (Lipinski definition) is 3. The van der Waals surface area contributed by atoms with Crippen molar-refractivity contribution in [1.29, 1.82) is 0 Å². The van der Waals surface area contributed by atoms with Gasteiger partial charge in [0.05, 0.1) is 12.3 Å². The first-order chi connectivity index (χ1) is 14.6. The lowest BCUT2D eigenvalue weighted by Crippen LogP contribution is -2.19. The van der Waals surface area contributed by atoms with Gasteiger partial charge in [-0.2, -0.15) is 0 Å². The van der Waals surface area contributed by atoms with Crippen LogP contribution in [0, 0.1) is 5.92 Å². The number of anilines is 1. The van der Waals surface area contributed by atoms with Crippen molar-refractivity contribution >= 4 is 17.6 Å². The van der Waals surface area contributed by atoms with Crippen LogP contribution in [0.1, 0.15) is 44.1 Å². The second-order valence-electron chi connectivity index (χ2n) is 7.80. The molecular formula is C24H29NO5. The summed E-state index contributed by atoms with van der Waals surface area (Å²) in [5.41, 5.74) is 2.98. The number of hydrogen-bond acceptors (Lipinski definition) is 4. The molecule has 0 unspecified atom stereocenters. The maximum Gasteiger partial charge on any atom is 0.303 e. The van der Waals surface area contributed by atoms with Crippen LogP contribution in [-0.2, 0) is 16.0 Å². The summed E-state index contributed by atoms with van der Waals surface area (Å²) in [7, 11) is 0. The van der Waals surface area contributed by atoms with Gasteiger partial charge in [0.1, 0.15) is 6.61 Å². The van der Waals surface area contributed by atoms with Gasteiger partial charge >= 0.3 is 5.97 Å². The van der Waals surface area contributed by atoms with E-state index in [1.807, 2.05) is 36.4 Å². The highest BCUT2D eigenvalue weighted by molar-refractivity contribution is 5.95. The Kier molecular flexibility index (Phi) is 7.85. The smallest absolute Gasteiger partial charge is 0.303 e. The maximum atomic E-state index is 12.0. The van der Waals surface area contributed by atoms with Crippen molar-refractivity contribution in [2.45, 2.75) is 44.9 Å². The molecule has 30 heavy (non-hydrogen) atoms. The van der Waals surface area contributed by atoms with E-state index in [-0.39, 0.29) is 6.42 Å². The second kappa shape index (κ2) is 10.8. The molecule has 3 N–H and O–H groups in total. The number of rotatable bonds is 9. The number of aliphatic hydroxyl groups excluding tert-OH is 1.